The number of nitrogens with one attached hydrogen (secondary N) is 1. The van der Waals surface area contributed by atoms with Crippen LogP contribution in [0, 0.1) is 0 Å². The third kappa shape index (κ3) is 5.91. The average Bonchev–Trinajstić information content (AvgIpc) is 2.54. The van der Waals surface area contributed by atoms with Crippen molar-refractivity contribution in [1.29, 1.82) is 0 Å². The molecule has 0 unspecified atom stereocenters. The van der Waals surface area contributed by atoms with Gasteiger partial charge in [0, 0.05) is 18.8 Å². The van der Waals surface area contributed by atoms with Crippen LogP contribution < -0.4 is 5.32 Å². The standard InChI is InChI=1S/C19H22N2O4/c1-19(2,3)25-18(24)21-16(17(22)23)11-13-6-8-14(9-7-13)15-5-4-10-20-12-15/h4-10,12,16H,11H2,1-3H3,(H,21,24)(H,22,23)/t16-/m1/s1. The van der Waals surface area contributed by atoms with E-state index in [-0.39, 0.29) is 6.42 Å². The molecule has 1 heterocycles. The van der Waals surface area contributed by atoms with E-state index >= 15 is 0 Å². The first-order chi connectivity index (χ1) is 11.7. The third-order valence-corrected chi connectivity index (χ3v) is 3.38. The van der Waals surface area contributed by atoms with E-state index in [4.69, 9.17) is 4.74 Å². The molecule has 0 saturated carbocycles. The number of aliphatic carboxylic acids is 1. The van der Waals surface area contributed by atoms with Gasteiger partial charge in [0.2, 0.25) is 0 Å². The number of carbonyl (C=O) groups is 2. The lowest BCUT2D eigenvalue weighted by Gasteiger charge is -2.22. The van der Waals surface area contributed by atoms with Gasteiger partial charge >= 0.3 is 12.1 Å². The number of hydrogen-bond donors (Lipinski definition) is 2. The number of aromatic nitrogens is 1. The number of nitrogens with zero attached hydrogens (tertiary/aromatic N) is 1. The molecule has 6 heteroatoms. The monoisotopic (exact) mass is 342 g/mol. The molecule has 0 spiro atoms. The van der Waals surface area contributed by atoms with Gasteiger partial charge in [-0.05, 0) is 43.5 Å². The van der Waals surface area contributed by atoms with E-state index in [1.807, 2.05) is 36.4 Å². The number of rotatable bonds is 5. The summed E-state index contributed by atoms with van der Waals surface area (Å²) in [6.45, 7) is 5.17. The second-order valence-corrected chi connectivity index (χ2v) is 6.68. The van der Waals surface area contributed by atoms with Gasteiger partial charge in [0.25, 0.3) is 0 Å². The molecule has 0 aliphatic rings. The molecule has 0 saturated heterocycles. The quantitative estimate of drug-likeness (QED) is 0.870. The largest absolute Gasteiger partial charge is 0.480 e. The normalized spacial score (nSPS) is 12.3. The van der Waals surface area contributed by atoms with Crippen molar-refractivity contribution in [2.24, 2.45) is 0 Å². The molecule has 2 rings (SSSR count). The maximum absolute atomic E-state index is 11.8. The highest BCUT2D eigenvalue weighted by Gasteiger charge is 2.24. The number of carboxylic acids is 1. The van der Waals surface area contributed by atoms with E-state index in [1.165, 1.54) is 0 Å². The fourth-order valence-corrected chi connectivity index (χ4v) is 2.25. The Morgan fingerprint density at radius 2 is 1.84 bits per heavy atom. The van der Waals surface area contributed by atoms with Gasteiger partial charge in [0.05, 0.1) is 0 Å². The fourth-order valence-electron chi connectivity index (χ4n) is 2.25. The van der Waals surface area contributed by atoms with Gasteiger partial charge in [-0.1, -0.05) is 30.3 Å². The highest BCUT2D eigenvalue weighted by Crippen LogP contribution is 2.19. The van der Waals surface area contributed by atoms with Crippen LogP contribution in [0.2, 0.25) is 0 Å². The number of alkyl carbamates (subject to hydrolysis) is 1. The van der Waals surface area contributed by atoms with E-state index in [1.54, 1.807) is 33.2 Å². The van der Waals surface area contributed by atoms with Gasteiger partial charge in [-0.25, -0.2) is 9.59 Å². The number of hydrogen-bond acceptors (Lipinski definition) is 4. The van der Waals surface area contributed by atoms with E-state index in [9.17, 15) is 14.7 Å². The van der Waals surface area contributed by atoms with E-state index in [0.717, 1.165) is 16.7 Å². The van der Waals surface area contributed by atoms with Gasteiger partial charge < -0.3 is 15.2 Å². The second kappa shape index (κ2) is 7.79. The summed E-state index contributed by atoms with van der Waals surface area (Å²) < 4.78 is 5.11. The molecule has 0 aliphatic carbocycles. The molecule has 1 aromatic heterocycles. The lowest BCUT2D eigenvalue weighted by Crippen LogP contribution is -2.44. The Morgan fingerprint density at radius 3 is 2.36 bits per heavy atom. The van der Waals surface area contributed by atoms with E-state index in [0.29, 0.717) is 0 Å². The lowest BCUT2D eigenvalue weighted by molar-refractivity contribution is -0.139. The Bertz CT molecular complexity index is 721. The lowest BCUT2D eigenvalue weighted by atomic mass is 10.0. The van der Waals surface area contributed by atoms with Gasteiger partial charge in [-0.3, -0.25) is 4.98 Å². The molecule has 25 heavy (non-hydrogen) atoms. The van der Waals surface area contributed by atoms with Crippen LogP contribution in [0.4, 0.5) is 4.79 Å². The zero-order chi connectivity index (χ0) is 18.4. The number of pyridine rings is 1. The van der Waals surface area contributed by atoms with Crippen LogP contribution in [0.5, 0.6) is 0 Å². The van der Waals surface area contributed by atoms with Crippen molar-refractivity contribution < 1.29 is 19.4 Å². The first-order valence-electron chi connectivity index (χ1n) is 7.96. The predicted octanol–water partition coefficient (Wildman–Crippen LogP) is 3.27. The molecule has 2 aromatic rings. The van der Waals surface area contributed by atoms with Crippen molar-refractivity contribution in [1.82, 2.24) is 10.3 Å². The minimum atomic E-state index is -1.11. The third-order valence-electron chi connectivity index (χ3n) is 3.38. The van der Waals surface area contributed by atoms with Crippen LogP contribution in [0.15, 0.2) is 48.8 Å². The molecule has 1 amide bonds. The second-order valence-electron chi connectivity index (χ2n) is 6.68. The summed E-state index contributed by atoms with van der Waals surface area (Å²) in [6.07, 6.45) is 2.89. The number of ether oxygens (including phenoxy) is 1. The Hall–Kier alpha value is -2.89. The van der Waals surface area contributed by atoms with Crippen LogP contribution >= 0.6 is 0 Å². The Kier molecular flexibility index (Phi) is 5.75. The first-order valence-corrected chi connectivity index (χ1v) is 7.96. The highest BCUT2D eigenvalue weighted by molar-refractivity contribution is 5.80. The first kappa shape index (κ1) is 18.4. The summed E-state index contributed by atoms with van der Waals surface area (Å²) in [5, 5.41) is 11.7. The summed E-state index contributed by atoms with van der Waals surface area (Å²) >= 11 is 0. The molecule has 6 nitrogen and oxygen atoms in total. The van der Waals surface area contributed by atoms with Crippen molar-refractivity contribution in [2.45, 2.75) is 38.8 Å². The van der Waals surface area contributed by atoms with Crippen LogP contribution in [0.3, 0.4) is 0 Å². The summed E-state index contributed by atoms with van der Waals surface area (Å²) in [5.41, 5.74) is 2.09. The molecule has 0 fully saturated rings. The Labute approximate surface area is 146 Å². The van der Waals surface area contributed by atoms with Crippen LogP contribution in [0.1, 0.15) is 26.3 Å². The number of carboxylic acid groups (broad SMARTS) is 1. The molecule has 0 bridgehead atoms. The summed E-state index contributed by atoms with van der Waals surface area (Å²) in [6, 6.07) is 10.2. The minimum Gasteiger partial charge on any atom is -0.480 e. The van der Waals surface area contributed by atoms with Crippen LogP contribution in [-0.4, -0.2) is 33.8 Å². The Balaban J connectivity index is 2.04. The SMILES string of the molecule is CC(C)(C)OC(=O)N[C@H](Cc1ccc(-c2cccnc2)cc1)C(=O)O. The van der Waals surface area contributed by atoms with Crippen molar-refractivity contribution in [3.63, 3.8) is 0 Å². The van der Waals surface area contributed by atoms with Gasteiger partial charge in [0.1, 0.15) is 11.6 Å². The topological polar surface area (TPSA) is 88.5 Å². The molecule has 0 radical (unpaired) electrons. The van der Waals surface area contributed by atoms with Crippen molar-refractivity contribution in [2.75, 3.05) is 0 Å². The van der Waals surface area contributed by atoms with Crippen molar-refractivity contribution >= 4 is 12.1 Å². The molecule has 2 N–H and O–H groups in total. The fraction of sp³-hybridized carbons (Fsp3) is 0.316. The van der Waals surface area contributed by atoms with Gasteiger partial charge in [-0.2, -0.15) is 0 Å². The highest BCUT2D eigenvalue weighted by atomic mass is 16.6. The van der Waals surface area contributed by atoms with E-state index < -0.39 is 23.7 Å². The van der Waals surface area contributed by atoms with Crippen LogP contribution in [0.25, 0.3) is 11.1 Å². The average molecular weight is 342 g/mol. The number of benzene rings is 1. The maximum Gasteiger partial charge on any atom is 0.408 e. The molecular weight excluding hydrogens is 320 g/mol. The summed E-state index contributed by atoms with van der Waals surface area (Å²) in [7, 11) is 0. The molecule has 1 atom stereocenters. The smallest absolute Gasteiger partial charge is 0.408 e. The molecular formula is C19H22N2O4. The zero-order valence-electron chi connectivity index (χ0n) is 14.5. The number of amides is 1. The maximum atomic E-state index is 11.8. The summed E-state index contributed by atoms with van der Waals surface area (Å²) in [4.78, 5) is 27.3. The number of carbonyl (C=O) groups excluding carboxylic acids is 1. The van der Waals surface area contributed by atoms with Crippen molar-refractivity contribution in [3.05, 3.63) is 54.4 Å². The summed E-state index contributed by atoms with van der Waals surface area (Å²) in [5.74, 6) is -1.11. The zero-order valence-corrected chi connectivity index (χ0v) is 14.5. The van der Waals surface area contributed by atoms with Crippen molar-refractivity contribution in [3.8, 4) is 11.1 Å². The Morgan fingerprint density at radius 1 is 1.16 bits per heavy atom. The molecule has 0 aliphatic heterocycles. The van der Waals surface area contributed by atoms with Crippen LogP contribution in [-0.2, 0) is 16.0 Å². The molecule has 132 valence electrons. The predicted molar refractivity (Wildman–Crippen MR) is 94.2 cm³/mol. The van der Waals surface area contributed by atoms with E-state index in [2.05, 4.69) is 10.3 Å². The van der Waals surface area contributed by atoms with Gasteiger partial charge in [0.15, 0.2) is 0 Å². The molecule has 1 aromatic carbocycles. The van der Waals surface area contributed by atoms with Gasteiger partial charge in [-0.15, -0.1) is 0 Å². The minimum absolute atomic E-state index is 0.169.